The molecule has 3 unspecified atom stereocenters. The van der Waals surface area contributed by atoms with Gasteiger partial charge >= 0.3 is 0 Å². The van der Waals surface area contributed by atoms with E-state index >= 15 is 0 Å². The van der Waals surface area contributed by atoms with Crippen LogP contribution in [0.4, 0.5) is 5.69 Å². The van der Waals surface area contributed by atoms with E-state index in [1.165, 1.54) is 15.7 Å². The standard InChI is InChI=1S/C14H20BrN/c1-5-14(4)10(3)9(2)11-7-6-8-12(15)13(11)16-14/h6-10,16H,5H2,1-4H3. The van der Waals surface area contributed by atoms with Gasteiger partial charge in [0.1, 0.15) is 0 Å². The molecule has 0 radical (unpaired) electrons. The lowest BCUT2D eigenvalue weighted by Crippen LogP contribution is -2.46. The summed E-state index contributed by atoms with van der Waals surface area (Å²) in [7, 11) is 0. The van der Waals surface area contributed by atoms with Gasteiger partial charge in [-0.05, 0) is 52.7 Å². The fourth-order valence-corrected chi connectivity index (χ4v) is 3.16. The van der Waals surface area contributed by atoms with Crippen LogP contribution in [0.5, 0.6) is 0 Å². The smallest absolute Gasteiger partial charge is 0.0524 e. The van der Waals surface area contributed by atoms with Crippen LogP contribution in [0.25, 0.3) is 0 Å². The highest BCUT2D eigenvalue weighted by molar-refractivity contribution is 9.10. The van der Waals surface area contributed by atoms with E-state index in [4.69, 9.17) is 0 Å². The normalized spacial score (nSPS) is 33.1. The Morgan fingerprint density at radius 3 is 2.69 bits per heavy atom. The molecule has 0 saturated carbocycles. The predicted octanol–water partition coefficient (Wildman–Crippen LogP) is 4.78. The lowest BCUT2D eigenvalue weighted by Gasteiger charge is -2.46. The number of hydrogen-bond donors (Lipinski definition) is 1. The molecular weight excluding hydrogens is 262 g/mol. The van der Waals surface area contributed by atoms with Crippen molar-refractivity contribution in [3.8, 4) is 0 Å². The van der Waals surface area contributed by atoms with Crippen LogP contribution in [0, 0.1) is 5.92 Å². The summed E-state index contributed by atoms with van der Waals surface area (Å²) in [4.78, 5) is 0. The van der Waals surface area contributed by atoms with E-state index in [1.807, 2.05) is 0 Å². The Hall–Kier alpha value is -0.500. The Morgan fingerprint density at radius 2 is 2.06 bits per heavy atom. The predicted molar refractivity (Wildman–Crippen MR) is 74.0 cm³/mol. The fraction of sp³-hybridized carbons (Fsp3) is 0.571. The van der Waals surface area contributed by atoms with E-state index in [9.17, 15) is 0 Å². The monoisotopic (exact) mass is 281 g/mol. The third-order valence-corrected chi connectivity index (χ3v) is 5.10. The number of fused-ring (bicyclic) bond motifs is 1. The van der Waals surface area contributed by atoms with Gasteiger partial charge in [0.2, 0.25) is 0 Å². The van der Waals surface area contributed by atoms with E-state index in [0.717, 1.165) is 6.42 Å². The number of halogens is 1. The van der Waals surface area contributed by atoms with Crippen molar-refractivity contribution in [3.05, 3.63) is 28.2 Å². The maximum Gasteiger partial charge on any atom is 0.0524 e. The minimum absolute atomic E-state index is 0.205. The molecule has 1 aromatic carbocycles. The van der Waals surface area contributed by atoms with E-state index in [1.54, 1.807) is 0 Å². The molecule has 16 heavy (non-hydrogen) atoms. The van der Waals surface area contributed by atoms with Gasteiger partial charge in [-0.3, -0.25) is 0 Å². The van der Waals surface area contributed by atoms with Gasteiger partial charge in [0.05, 0.1) is 5.69 Å². The quantitative estimate of drug-likeness (QED) is 0.781. The van der Waals surface area contributed by atoms with Crippen LogP contribution >= 0.6 is 15.9 Å². The van der Waals surface area contributed by atoms with Crippen molar-refractivity contribution in [1.29, 1.82) is 0 Å². The van der Waals surface area contributed by atoms with E-state index in [2.05, 4.69) is 67.1 Å². The second-order valence-corrected chi connectivity index (χ2v) is 6.03. The molecule has 1 nitrogen and oxygen atoms in total. The average molecular weight is 282 g/mol. The minimum atomic E-state index is 0.205. The zero-order valence-electron chi connectivity index (χ0n) is 10.5. The number of rotatable bonds is 1. The molecule has 1 aliphatic rings. The summed E-state index contributed by atoms with van der Waals surface area (Å²) in [6.07, 6.45) is 1.15. The number of nitrogens with one attached hydrogen (secondary N) is 1. The first kappa shape index (κ1) is 12.0. The first-order chi connectivity index (χ1) is 7.49. The molecule has 0 bridgehead atoms. The summed E-state index contributed by atoms with van der Waals surface area (Å²) >= 11 is 3.65. The van der Waals surface area contributed by atoms with Gasteiger partial charge in [-0.25, -0.2) is 0 Å². The highest BCUT2D eigenvalue weighted by atomic mass is 79.9. The van der Waals surface area contributed by atoms with Gasteiger partial charge in [-0.15, -0.1) is 0 Å². The molecule has 2 rings (SSSR count). The van der Waals surface area contributed by atoms with Crippen molar-refractivity contribution in [2.45, 2.75) is 45.6 Å². The summed E-state index contributed by atoms with van der Waals surface area (Å²) < 4.78 is 1.18. The lowest BCUT2D eigenvalue weighted by atomic mass is 9.71. The Balaban J connectivity index is 2.53. The van der Waals surface area contributed by atoms with Crippen LogP contribution in [0.15, 0.2) is 22.7 Å². The number of benzene rings is 1. The van der Waals surface area contributed by atoms with Crippen molar-refractivity contribution in [3.63, 3.8) is 0 Å². The number of para-hydroxylation sites is 1. The molecule has 0 amide bonds. The Bertz CT molecular complexity index is 402. The second-order valence-electron chi connectivity index (χ2n) is 5.18. The molecule has 1 heterocycles. The van der Waals surface area contributed by atoms with Crippen LogP contribution in [-0.2, 0) is 0 Å². The van der Waals surface area contributed by atoms with Crippen molar-refractivity contribution < 1.29 is 0 Å². The van der Waals surface area contributed by atoms with Gasteiger partial charge in [0.15, 0.2) is 0 Å². The Morgan fingerprint density at radius 1 is 1.38 bits per heavy atom. The lowest BCUT2D eigenvalue weighted by molar-refractivity contribution is 0.284. The molecule has 1 N–H and O–H groups in total. The van der Waals surface area contributed by atoms with Gasteiger partial charge in [0, 0.05) is 10.0 Å². The summed E-state index contributed by atoms with van der Waals surface area (Å²) in [5.41, 5.74) is 2.93. The molecule has 0 spiro atoms. The largest absolute Gasteiger partial charge is 0.378 e. The molecule has 0 saturated heterocycles. The summed E-state index contributed by atoms with van der Waals surface area (Å²) in [6, 6.07) is 6.48. The first-order valence-corrected chi connectivity index (χ1v) is 6.85. The summed E-state index contributed by atoms with van der Waals surface area (Å²) in [6.45, 7) is 9.28. The van der Waals surface area contributed by atoms with Crippen LogP contribution in [0.3, 0.4) is 0 Å². The topological polar surface area (TPSA) is 12.0 Å². The third-order valence-electron chi connectivity index (χ3n) is 4.44. The molecule has 88 valence electrons. The van der Waals surface area contributed by atoms with Crippen molar-refractivity contribution in [2.24, 2.45) is 5.92 Å². The number of anilines is 1. The third kappa shape index (κ3) is 1.67. The van der Waals surface area contributed by atoms with Crippen molar-refractivity contribution in [2.75, 3.05) is 5.32 Å². The van der Waals surface area contributed by atoms with Gasteiger partial charge in [-0.1, -0.05) is 32.9 Å². The molecule has 1 aromatic rings. The van der Waals surface area contributed by atoms with E-state index in [-0.39, 0.29) is 5.54 Å². The van der Waals surface area contributed by atoms with Gasteiger partial charge in [0.25, 0.3) is 0 Å². The van der Waals surface area contributed by atoms with E-state index in [0.29, 0.717) is 11.8 Å². The van der Waals surface area contributed by atoms with Crippen LogP contribution in [0.1, 0.15) is 45.6 Å². The fourth-order valence-electron chi connectivity index (χ4n) is 2.68. The maximum absolute atomic E-state index is 3.72. The van der Waals surface area contributed by atoms with Crippen molar-refractivity contribution >= 4 is 21.6 Å². The molecule has 0 aromatic heterocycles. The Labute approximate surface area is 107 Å². The van der Waals surface area contributed by atoms with Crippen LogP contribution < -0.4 is 5.32 Å². The molecule has 0 fully saturated rings. The first-order valence-electron chi connectivity index (χ1n) is 6.06. The minimum Gasteiger partial charge on any atom is -0.378 e. The Kier molecular flexibility index (Phi) is 3.04. The maximum atomic E-state index is 3.72. The highest BCUT2D eigenvalue weighted by Crippen LogP contribution is 2.46. The summed E-state index contributed by atoms with van der Waals surface area (Å²) in [5, 5.41) is 3.72. The number of hydrogen-bond acceptors (Lipinski definition) is 1. The van der Waals surface area contributed by atoms with Crippen LogP contribution in [-0.4, -0.2) is 5.54 Å². The molecular formula is C14H20BrN. The van der Waals surface area contributed by atoms with Gasteiger partial charge in [-0.2, -0.15) is 0 Å². The van der Waals surface area contributed by atoms with Crippen molar-refractivity contribution in [1.82, 2.24) is 0 Å². The zero-order chi connectivity index (χ0) is 11.9. The molecule has 0 aliphatic carbocycles. The molecule has 3 atom stereocenters. The molecule has 1 aliphatic heterocycles. The zero-order valence-corrected chi connectivity index (χ0v) is 12.1. The highest BCUT2D eigenvalue weighted by Gasteiger charge is 2.39. The van der Waals surface area contributed by atoms with E-state index < -0.39 is 0 Å². The summed E-state index contributed by atoms with van der Waals surface area (Å²) in [5.74, 6) is 1.26. The second kappa shape index (κ2) is 4.06. The van der Waals surface area contributed by atoms with Crippen LogP contribution in [0.2, 0.25) is 0 Å². The molecule has 2 heteroatoms. The average Bonchev–Trinajstić information content (AvgIpc) is 2.28. The van der Waals surface area contributed by atoms with Gasteiger partial charge < -0.3 is 5.32 Å². The SMILES string of the molecule is CCC1(C)Nc2c(Br)cccc2C(C)C1C.